The van der Waals surface area contributed by atoms with Gasteiger partial charge in [0.1, 0.15) is 0 Å². The number of ether oxygens (including phenoxy) is 1. The van der Waals surface area contributed by atoms with Gasteiger partial charge in [0.15, 0.2) is 0 Å². The summed E-state index contributed by atoms with van der Waals surface area (Å²) in [5.74, 6) is 0.201. The van der Waals surface area contributed by atoms with Gasteiger partial charge in [0, 0.05) is 31.2 Å². The van der Waals surface area contributed by atoms with Gasteiger partial charge >= 0.3 is 0 Å². The Labute approximate surface area is 169 Å². The molecule has 148 valence electrons. The fourth-order valence-corrected chi connectivity index (χ4v) is 3.13. The molecule has 0 unspecified atom stereocenters. The van der Waals surface area contributed by atoms with Crippen molar-refractivity contribution in [3.8, 4) is 0 Å². The van der Waals surface area contributed by atoms with Crippen LogP contribution in [0.25, 0.3) is 0 Å². The van der Waals surface area contributed by atoms with Crippen LogP contribution in [0.1, 0.15) is 15.9 Å². The van der Waals surface area contributed by atoms with E-state index in [9.17, 15) is 4.79 Å². The molecule has 29 heavy (non-hydrogen) atoms. The van der Waals surface area contributed by atoms with Crippen LogP contribution in [-0.2, 0) is 4.74 Å². The van der Waals surface area contributed by atoms with Gasteiger partial charge in [0.2, 0.25) is 5.95 Å². The molecule has 1 aromatic heterocycles. The number of carbonyl (C=O) groups excluding carboxylic acids is 1. The van der Waals surface area contributed by atoms with E-state index in [0.29, 0.717) is 11.5 Å². The van der Waals surface area contributed by atoms with Gasteiger partial charge in [0.05, 0.1) is 30.2 Å². The number of nitrogens with zero attached hydrogens (tertiary/aromatic N) is 3. The third kappa shape index (κ3) is 4.70. The van der Waals surface area contributed by atoms with Crippen molar-refractivity contribution in [3.63, 3.8) is 0 Å². The zero-order valence-corrected chi connectivity index (χ0v) is 16.3. The molecular formula is C22H23N5O2. The lowest BCUT2D eigenvalue weighted by Crippen LogP contribution is -2.36. The van der Waals surface area contributed by atoms with Gasteiger partial charge in [-0.1, -0.05) is 29.8 Å². The molecule has 1 saturated heterocycles. The summed E-state index contributed by atoms with van der Waals surface area (Å²) in [6.45, 7) is 5.13. The van der Waals surface area contributed by atoms with Crippen LogP contribution in [0.15, 0.2) is 60.9 Å². The van der Waals surface area contributed by atoms with Crippen molar-refractivity contribution in [2.45, 2.75) is 6.92 Å². The Morgan fingerprint density at radius 3 is 2.41 bits per heavy atom. The van der Waals surface area contributed by atoms with Crippen LogP contribution in [-0.4, -0.2) is 42.2 Å². The zero-order chi connectivity index (χ0) is 20.1. The van der Waals surface area contributed by atoms with E-state index in [1.165, 1.54) is 12.4 Å². The second-order valence-corrected chi connectivity index (χ2v) is 6.86. The first kappa shape index (κ1) is 18.9. The number of hydrogen-bond acceptors (Lipinski definition) is 6. The summed E-state index contributed by atoms with van der Waals surface area (Å²) in [5.41, 5.74) is 4.28. The maximum Gasteiger partial charge on any atom is 0.258 e. The standard InChI is InChI=1S/C22H23N5O2/c1-16-6-8-18(9-7-16)25-21(28)17-14-23-22(24-15-17)26-19-4-2-3-5-20(19)27-10-12-29-13-11-27/h2-9,14-15H,10-13H2,1H3,(H,25,28)(H,23,24,26). The zero-order valence-electron chi connectivity index (χ0n) is 16.3. The summed E-state index contributed by atoms with van der Waals surface area (Å²) < 4.78 is 5.44. The molecule has 2 aromatic carbocycles. The summed E-state index contributed by atoms with van der Waals surface area (Å²) in [5, 5.41) is 6.10. The first-order chi connectivity index (χ1) is 14.2. The number of carbonyl (C=O) groups is 1. The molecular weight excluding hydrogens is 366 g/mol. The predicted molar refractivity (Wildman–Crippen MR) is 114 cm³/mol. The Kier molecular flexibility index (Phi) is 5.67. The van der Waals surface area contributed by atoms with Crippen LogP contribution in [0.4, 0.5) is 23.0 Å². The van der Waals surface area contributed by atoms with Crippen molar-refractivity contribution in [2.75, 3.05) is 41.8 Å². The van der Waals surface area contributed by atoms with Crippen molar-refractivity contribution in [3.05, 3.63) is 72.1 Å². The number of morpholine rings is 1. The van der Waals surface area contributed by atoms with Gasteiger partial charge in [-0.25, -0.2) is 9.97 Å². The summed E-state index contributed by atoms with van der Waals surface area (Å²) in [7, 11) is 0. The molecule has 0 spiro atoms. The molecule has 7 heteroatoms. The highest BCUT2D eigenvalue weighted by Crippen LogP contribution is 2.28. The molecule has 7 nitrogen and oxygen atoms in total. The number of aromatic nitrogens is 2. The van der Waals surface area contributed by atoms with E-state index in [2.05, 4.69) is 31.6 Å². The maximum atomic E-state index is 12.4. The third-order valence-electron chi connectivity index (χ3n) is 4.73. The Bertz CT molecular complexity index is 967. The normalized spacial score (nSPS) is 13.8. The number of para-hydroxylation sites is 2. The Morgan fingerprint density at radius 2 is 1.69 bits per heavy atom. The van der Waals surface area contributed by atoms with Crippen molar-refractivity contribution in [1.29, 1.82) is 0 Å². The minimum Gasteiger partial charge on any atom is -0.378 e. The molecule has 1 fully saturated rings. The molecule has 1 aliphatic rings. The number of nitrogens with one attached hydrogen (secondary N) is 2. The minimum atomic E-state index is -0.242. The van der Waals surface area contributed by atoms with E-state index >= 15 is 0 Å². The van der Waals surface area contributed by atoms with Gasteiger partial charge < -0.3 is 20.3 Å². The van der Waals surface area contributed by atoms with Crippen LogP contribution < -0.4 is 15.5 Å². The minimum absolute atomic E-state index is 0.242. The molecule has 4 rings (SSSR count). The van der Waals surface area contributed by atoms with Gasteiger partial charge in [0.25, 0.3) is 5.91 Å². The van der Waals surface area contributed by atoms with E-state index in [1.54, 1.807) is 0 Å². The SMILES string of the molecule is Cc1ccc(NC(=O)c2cnc(Nc3ccccc3N3CCOCC3)nc2)cc1. The molecule has 3 aromatic rings. The summed E-state index contributed by atoms with van der Waals surface area (Å²) >= 11 is 0. The monoisotopic (exact) mass is 389 g/mol. The molecule has 0 aliphatic carbocycles. The molecule has 1 amide bonds. The molecule has 1 aliphatic heterocycles. The topological polar surface area (TPSA) is 79.4 Å². The van der Waals surface area contributed by atoms with E-state index in [-0.39, 0.29) is 5.91 Å². The van der Waals surface area contributed by atoms with Crippen LogP contribution in [0.3, 0.4) is 0 Å². The lowest BCUT2D eigenvalue weighted by molar-refractivity contribution is 0.102. The van der Waals surface area contributed by atoms with E-state index < -0.39 is 0 Å². The van der Waals surface area contributed by atoms with E-state index in [1.807, 2.05) is 49.4 Å². The number of rotatable bonds is 5. The number of anilines is 4. The van der Waals surface area contributed by atoms with Crippen LogP contribution in [0.5, 0.6) is 0 Å². The Balaban J connectivity index is 1.45. The summed E-state index contributed by atoms with van der Waals surface area (Å²) in [6.07, 6.45) is 3.05. The first-order valence-corrected chi connectivity index (χ1v) is 9.58. The number of hydrogen-bond donors (Lipinski definition) is 2. The van der Waals surface area contributed by atoms with Crippen LogP contribution in [0.2, 0.25) is 0 Å². The fourth-order valence-electron chi connectivity index (χ4n) is 3.13. The van der Waals surface area contributed by atoms with Gasteiger partial charge in [-0.15, -0.1) is 0 Å². The molecule has 2 N–H and O–H groups in total. The number of benzene rings is 2. The highest BCUT2D eigenvalue weighted by molar-refractivity contribution is 6.03. The van der Waals surface area contributed by atoms with Crippen molar-refractivity contribution in [2.24, 2.45) is 0 Å². The van der Waals surface area contributed by atoms with Gasteiger partial charge in [-0.2, -0.15) is 0 Å². The second-order valence-electron chi connectivity index (χ2n) is 6.86. The quantitative estimate of drug-likeness (QED) is 0.694. The lowest BCUT2D eigenvalue weighted by Gasteiger charge is -2.30. The van der Waals surface area contributed by atoms with E-state index in [0.717, 1.165) is 48.9 Å². The molecule has 2 heterocycles. The summed E-state index contributed by atoms with van der Waals surface area (Å²) in [6, 6.07) is 15.7. The van der Waals surface area contributed by atoms with Gasteiger partial charge in [-0.3, -0.25) is 4.79 Å². The Hall–Kier alpha value is -3.45. The van der Waals surface area contributed by atoms with Crippen LogP contribution >= 0.6 is 0 Å². The molecule has 0 atom stereocenters. The maximum absolute atomic E-state index is 12.4. The number of amides is 1. The first-order valence-electron chi connectivity index (χ1n) is 9.58. The molecule has 0 saturated carbocycles. The summed E-state index contributed by atoms with van der Waals surface area (Å²) in [4.78, 5) is 23.3. The highest BCUT2D eigenvalue weighted by atomic mass is 16.5. The van der Waals surface area contributed by atoms with E-state index in [4.69, 9.17) is 4.74 Å². The second kappa shape index (κ2) is 8.70. The van der Waals surface area contributed by atoms with Crippen molar-refractivity contribution >= 4 is 28.9 Å². The average molecular weight is 389 g/mol. The predicted octanol–water partition coefficient (Wildman–Crippen LogP) is 3.62. The fraction of sp³-hybridized carbons (Fsp3) is 0.227. The third-order valence-corrected chi connectivity index (χ3v) is 4.73. The van der Waals surface area contributed by atoms with Gasteiger partial charge in [-0.05, 0) is 31.2 Å². The lowest BCUT2D eigenvalue weighted by atomic mass is 10.2. The highest BCUT2D eigenvalue weighted by Gasteiger charge is 2.15. The van der Waals surface area contributed by atoms with Crippen LogP contribution in [0, 0.1) is 6.92 Å². The average Bonchev–Trinajstić information content (AvgIpc) is 2.77. The smallest absolute Gasteiger partial charge is 0.258 e. The van der Waals surface area contributed by atoms with Crippen molar-refractivity contribution < 1.29 is 9.53 Å². The van der Waals surface area contributed by atoms with Crippen molar-refractivity contribution in [1.82, 2.24) is 9.97 Å². The Morgan fingerprint density at radius 1 is 1.00 bits per heavy atom. The molecule has 0 bridgehead atoms. The molecule has 0 radical (unpaired) electrons. The number of aryl methyl sites for hydroxylation is 1. The largest absolute Gasteiger partial charge is 0.378 e.